The van der Waals surface area contributed by atoms with Crippen LogP contribution in [0.25, 0.3) is 0 Å². The number of hydrogen-bond donors (Lipinski definition) is 1. The van der Waals surface area contributed by atoms with E-state index in [2.05, 4.69) is 9.88 Å². The summed E-state index contributed by atoms with van der Waals surface area (Å²) in [7, 11) is -3.51. The third-order valence-electron chi connectivity index (χ3n) is 2.95. The molecule has 0 fully saturated rings. The fraction of sp³-hybridized carbons (Fsp3) is 0.308. The quantitative estimate of drug-likeness (QED) is 0.930. The summed E-state index contributed by atoms with van der Waals surface area (Å²) in [6, 6.07) is 6.71. The van der Waals surface area contributed by atoms with Gasteiger partial charge in [-0.15, -0.1) is 0 Å². The molecule has 2 aromatic rings. The average molecular weight is 280 g/mol. The Labute approximate surface area is 112 Å². The number of aromatic nitrogens is 1. The van der Waals surface area contributed by atoms with Gasteiger partial charge < -0.3 is 4.52 Å². The smallest absolute Gasteiger partial charge is 0.240 e. The number of nitrogens with one attached hydrogen (secondary N) is 1. The molecule has 19 heavy (non-hydrogen) atoms. The molecule has 1 heterocycles. The molecule has 6 heteroatoms. The lowest BCUT2D eigenvalue weighted by Gasteiger charge is -2.06. The number of hydrogen-bond acceptors (Lipinski definition) is 4. The molecule has 1 aromatic carbocycles. The van der Waals surface area contributed by atoms with Crippen molar-refractivity contribution in [3.63, 3.8) is 0 Å². The molecule has 0 unspecified atom stereocenters. The Kier molecular flexibility index (Phi) is 3.73. The first kappa shape index (κ1) is 13.8. The van der Waals surface area contributed by atoms with E-state index in [-0.39, 0.29) is 11.4 Å². The summed E-state index contributed by atoms with van der Waals surface area (Å²) >= 11 is 0. The maximum atomic E-state index is 12.1. The van der Waals surface area contributed by atoms with Crippen LogP contribution in [-0.4, -0.2) is 13.6 Å². The predicted octanol–water partition coefficient (Wildman–Crippen LogP) is 2.08. The standard InChI is InChI=1S/C13H16N2O3S/c1-9-4-6-12(7-5-9)19(16,17)14-8-13-10(2)15-18-11(13)3/h4-7,14H,8H2,1-3H3. The molecule has 1 aromatic heterocycles. The monoisotopic (exact) mass is 280 g/mol. The summed E-state index contributed by atoms with van der Waals surface area (Å²) in [5.41, 5.74) is 2.49. The topological polar surface area (TPSA) is 72.2 Å². The third kappa shape index (κ3) is 3.02. The van der Waals surface area contributed by atoms with Crippen LogP contribution < -0.4 is 4.72 Å². The zero-order valence-corrected chi connectivity index (χ0v) is 11.9. The first-order valence-electron chi connectivity index (χ1n) is 5.88. The van der Waals surface area contributed by atoms with E-state index < -0.39 is 10.0 Å². The molecule has 0 saturated heterocycles. The van der Waals surface area contributed by atoms with E-state index in [1.165, 1.54) is 0 Å². The fourth-order valence-corrected chi connectivity index (χ4v) is 2.72. The van der Waals surface area contributed by atoms with Gasteiger partial charge in [0.05, 0.1) is 10.6 Å². The summed E-state index contributed by atoms with van der Waals surface area (Å²) in [5, 5.41) is 3.79. The number of rotatable bonds is 4. The lowest BCUT2D eigenvalue weighted by molar-refractivity contribution is 0.392. The van der Waals surface area contributed by atoms with Gasteiger partial charge >= 0.3 is 0 Å². The van der Waals surface area contributed by atoms with Crippen LogP contribution in [0.2, 0.25) is 0 Å². The predicted molar refractivity (Wildman–Crippen MR) is 71.2 cm³/mol. The summed E-state index contributed by atoms with van der Waals surface area (Å²) < 4.78 is 31.7. The molecular weight excluding hydrogens is 264 g/mol. The van der Waals surface area contributed by atoms with Gasteiger partial charge in [-0.25, -0.2) is 13.1 Å². The minimum Gasteiger partial charge on any atom is -0.361 e. The van der Waals surface area contributed by atoms with E-state index in [0.717, 1.165) is 11.1 Å². The van der Waals surface area contributed by atoms with Gasteiger partial charge in [-0.3, -0.25) is 0 Å². The van der Waals surface area contributed by atoms with Crippen LogP contribution in [0, 0.1) is 20.8 Å². The van der Waals surface area contributed by atoms with Crippen LogP contribution in [0.5, 0.6) is 0 Å². The normalized spacial score (nSPS) is 11.7. The Morgan fingerprint density at radius 2 is 1.79 bits per heavy atom. The van der Waals surface area contributed by atoms with E-state index >= 15 is 0 Å². The van der Waals surface area contributed by atoms with Gasteiger partial charge in [-0.2, -0.15) is 0 Å². The van der Waals surface area contributed by atoms with Crippen LogP contribution >= 0.6 is 0 Å². The molecule has 0 amide bonds. The van der Waals surface area contributed by atoms with Gasteiger partial charge in [0.1, 0.15) is 5.76 Å². The van der Waals surface area contributed by atoms with E-state index in [4.69, 9.17) is 4.52 Å². The van der Waals surface area contributed by atoms with Gasteiger partial charge in [0, 0.05) is 12.1 Å². The second-order valence-electron chi connectivity index (χ2n) is 4.44. The molecule has 1 N–H and O–H groups in total. The molecule has 0 aliphatic heterocycles. The van der Waals surface area contributed by atoms with E-state index in [9.17, 15) is 8.42 Å². The minimum absolute atomic E-state index is 0.178. The zero-order chi connectivity index (χ0) is 14.0. The van der Waals surface area contributed by atoms with Crippen molar-refractivity contribution in [2.24, 2.45) is 0 Å². The van der Waals surface area contributed by atoms with Gasteiger partial charge in [0.2, 0.25) is 10.0 Å². The molecule has 0 aliphatic carbocycles. The maximum absolute atomic E-state index is 12.1. The van der Waals surface area contributed by atoms with Crippen molar-refractivity contribution in [2.45, 2.75) is 32.2 Å². The zero-order valence-electron chi connectivity index (χ0n) is 11.1. The molecular formula is C13H16N2O3S. The first-order chi connectivity index (χ1) is 8.90. The second kappa shape index (κ2) is 5.14. The lowest BCUT2D eigenvalue weighted by Crippen LogP contribution is -2.23. The fourth-order valence-electron chi connectivity index (χ4n) is 1.72. The lowest BCUT2D eigenvalue weighted by atomic mass is 10.2. The minimum atomic E-state index is -3.51. The summed E-state index contributed by atoms with van der Waals surface area (Å²) in [4.78, 5) is 0.255. The van der Waals surface area contributed by atoms with Crippen LogP contribution in [0.4, 0.5) is 0 Å². The molecule has 0 radical (unpaired) electrons. The van der Waals surface area contributed by atoms with Crippen molar-refractivity contribution in [3.05, 3.63) is 46.8 Å². The maximum Gasteiger partial charge on any atom is 0.240 e. The van der Waals surface area contributed by atoms with Crippen molar-refractivity contribution in [2.75, 3.05) is 0 Å². The number of benzene rings is 1. The Bertz CT molecular complexity index is 653. The first-order valence-corrected chi connectivity index (χ1v) is 7.36. The van der Waals surface area contributed by atoms with E-state index in [0.29, 0.717) is 11.5 Å². The summed E-state index contributed by atoms with van der Waals surface area (Å²) in [6.07, 6.45) is 0. The second-order valence-corrected chi connectivity index (χ2v) is 6.21. The molecule has 0 aliphatic rings. The summed E-state index contributed by atoms with van der Waals surface area (Å²) in [6.45, 7) is 5.63. The summed E-state index contributed by atoms with van der Waals surface area (Å²) in [5.74, 6) is 0.629. The Balaban J connectivity index is 2.16. The molecule has 0 bridgehead atoms. The SMILES string of the molecule is Cc1ccc(S(=O)(=O)NCc2c(C)noc2C)cc1. The highest BCUT2D eigenvalue weighted by molar-refractivity contribution is 7.89. The number of nitrogens with zero attached hydrogens (tertiary/aromatic N) is 1. The van der Waals surface area contributed by atoms with E-state index in [1.54, 1.807) is 38.1 Å². The van der Waals surface area contributed by atoms with Crippen molar-refractivity contribution >= 4 is 10.0 Å². The van der Waals surface area contributed by atoms with Gasteiger partial charge in [0.25, 0.3) is 0 Å². The van der Waals surface area contributed by atoms with Gasteiger partial charge in [-0.1, -0.05) is 22.9 Å². The third-order valence-corrected chi connectivity index (χ3v) is 4.37. The highest BCUT2D eigenvalue weighted by Crippen LogP contribution is 2.14. The Morgan fingerprint density at radius 3 is 2.32 bits per heavy atom. The van der Waals surface area contributed by atoms with Crippen LogP contribution in [-0.2, 0) is 16.6 Å². The number of aryl methyl sites for hydroxylation is 3. The van der Waals surface area contributed by atoms with Crippen LogP contribution in [0.15, 0.2) is 33.7 Å². The van der Waals surface area contributed by atoms with Crippen molar-refractivity contribution in [3.8, 4) is 0 Å². The molecule has 2 rings (SSSR count). The molecule has 0 atom stereocenters. The molecule has 102 valence electrons. The van der Waals surface area contributed by atoms with Crippen LogP contribution in [0.1, 0.15) is 22.6 Å². The van der Waals surface area contributed by atoms with Crippen molar-refractivity contribution in [1.82, 2.24) is 9.88 Å². The largest absolute Gasteiger partial charge is 0.361 e. The molecule has 5 nitrogen and oxygen atoms in total. The van der Waals surface area contributed by atoms with Crippen molar-refractivity contribution < 1.29 is 12.9 Å². The molecule has 0 spiro atoms. The Morgan fingerprint density at radius 1 is 1.16 bits per heavy atom. The molecule has 0 saturated carbocycles. The van der Waals surface area contributed by atoms with E-state index in [1.807, 2.05) is 6.92 Å². The van der Waals surface area contributed by atoms with Crippen molar-refractivity contribution in [1.29, 1.82) is 0 Å². The highest BCUT2D eigenvalue weighted by Gasteiger charge is 2.16. The number of sulfonamides is 1. The van der Waals surface area contributed by atoms with Crippen LogP contribution in [0.3, 0.4) is 0 Å². The Hall–Kier alpha value is -1.66. The van der Waals surface area contributed by atoms with Gasteiger partial charge in [0.15, 0.2) is 0 Å². The average Bonchev–Trinajstić information content (AvgIpc) is 2.67. The van der Waals surface area contributed by atoms with Gasteiger partial charge in [-0.05, 0) is 32.9 Å². The highest BCUT2D eigenvalue weighted by atomic mass is 32.2.